The van der Waals surface area contributed by atoms with Gasteiger partial charge in [0.2, 0.25) is 0 Å². The number of aliphatic hydroxyl groups is 3. The second kappa shape index (κ2) is 11.1. The van der Waals surface area contributed by atoms with Crippen molar-refractivity contribution in [2.24, 2.45) is 56.7 Å². The molecular formula is C37H62O8. The molecule has 5 saturated carbocycles. The Morgan fingerprint density at radius 3 is 2.36 bits per heavy atom. The topological polar surface area (TPSA) is 115 Å². The Morgan fingerprint density at radius 2 is 1.73 bits per heavy atom. The van der Waals surface area contributed by atoms with E-state index < -0.39 is 30.2 Å². The number of rotatable bonds is 9. The van der Waals surface area contributed by atoms with Gasteiger partial charge in [-0.3, -0.25) is 4.79 Å². The summed E-state index contributed by atoms with van der Waals surface area (Å²) < 4.78 is 24.0. The summed E-state index contributed by atoms with van der Waals surface area (Å²) in [6, 6.07) is 0. The maximum atomic E-state index is 12.8. The fourth-order valence-corrected chi connectivity index (χ4v) is 13.2. The summed E-state index contributed by atoms with van der Waals surface area (Å²) in [5.74, 6) is 1.45. The van der Waals surface area contributed by atoms with Crippen LogP contribution in [0.1, 0.15) is 113 Å². The summed E-state index contributed by atoms with van der Waals surface area (Å²) in [4.78, 5) is 12.8. The molecule has 1 heterocycles. The monoisotopic (exact) mass is 634 g/mol. The highest BCUT2D eigenvalue weighted by molar-refractivity contribution is 5.69. The Labute approximate surface area is 271 Å². The van der Waals surface area contributed by atoms with Gasteiger partial charge in [0, 0.05) is 37.4 Å². The number of methoxy groups -OCH3 is 2. The van der Waals surface area contributed by atoms with E-state index >= 15 is 0 Å². The second-order valence-electron chi connectivity index (χ2n) is 18.0. The summed E-state index contributed by atoms with van der Waals surface area (Å²) in [6.07, 6.45) is 7.09. The van der Waals surface area contributed by atoms with E-state index in [1.54, 1.807) is 14.0 Å². The molecule has 14 atom stereocenters. The van der Waals surface area contributed by atoms with E-state index in [-0.39, 0.29) is 63.5 Å². The van der Waals surface area contributed by atoms with E-state index in [9.17, 15) is 20.1 Å². The second-order valence-corrected chi connectivity index (χ2v) is 18.0. The van der Waals surface area contributed by atoms with E-state index in [2.05, 4.69) is 41.5 Å². The molecule has 0 spiro atoms. The van der Waals surface area contributed by atoms with Crippen molar-refractivity contribution < 1.29 is 39.1 Å². The molecule has 14 unspecified atom stereocenters. The lowest BCUT2D eigenvalue weighted by atomic mass is 9.37. The molecule has 6 aliphatic rings. The van der Waals surface area contributed by atoms with Crippen molar-refractivity contribution >= 4 is 5.97 Å². The number of hydrogen-bond acceptors (Lipinski definition) is 8. The number of hydrogen-bond donors (Lipinski definition) is 3. The molecule has 45 heavy (non-hydrogen) atoms. The SMILES string of the molecule is COC1OC(C(O)C(C)(CO)OC)CC1C1CCC23CC12CCC1C2(C)CCC(OC(=O)CC(C)C)C(C)(C)C2CC(O)C13C. The van der Waals surface area contributed by atoms with Gasteiger partial charge in [0.05, 0.1) is 18.8 Å². The van der Waals surface area contributed by atoms with Crippen molar-refractivity contribution in [1.29, 1.82) is 0 Å². The lowest BCUT2D eigenvalue weighted by Crippen LogP contribution is -2.66. The van der Waals surface area contributed by atoms with Crippen LogP contribution in [0.2, 0.25) is 0 Å². The standard InChI is InChI=1S/C37H62O8/c1-21(2)16-29(40)45-28-12-13-33(5)25-11-14-36-19-37(36,35(25,7)27(39)18-26(33)32(28,3)4)15-10-23(36)22-17-24(44-31(22)42-8)30(41)34(6,20-38)43-9/h21-28,30-31,38-39,41H,10-20H2,1-9H3. The molecule has 8 heteroatoms. The molecule has 6 rings (SSSR count). The first-order valence-electron chi connectivity index (χ1n) is 17.9. The minimum atomic E-state index is -1.10. The van der Waals surface area contributed by atoms with E-state index in [1.807, 2.05) is 0 Å². The van der Waals surface area contributed by atoms with Crippen LogP contribution in [0.4, 0.5) is 0 Å². The van der Waals surface area contributed by atoms with Crippen LogP contribution in [0.25, 0.3) is 0 Å². The van der Waals surface area contributed by atoms with Crippen LogP contribution in [0.3, 0.4) is 0 Å². The largest absolute Gasteiger partial charge is 0.462 e. The molecule has 0 aromatic heterocycles. The number of carbonyl (C=O) groups is 1. The molecule has 0 radical (unpaired) electrons. The van der Waals surface area contributed by atoms with Gasteiger partial charge in [0.15, 0.2) is 6.29 Å². The van der Waals surface area contributed by atoms with Gasteiger partial charge < -0.3 is 34.3 Å². The maximum absolute atomic E-state index is 12.8. The minimum absolute atomic E-state index is 0.0790. The molecular weight excluding hydrogens is 572 g/mol. The van der Waals surface area contributed by atoms with Gasteiger partial charge in [-0.1, -0.05) is 41.5 Å². The van der Waals surface area contributed by atoms with Crippen LogP contribution in [-0.2, 0) is 23.7 Å². The van der Waals surface area contributed by atoms with Crippen molar-refractivity contribution in [2.75, 3.05) is 20.8 Å². The Bertz CT molecular complexity index is 1140. The maximum Gasteiger partial charge on any atom is 0.306 e. The highest BCUT2D eigenvalue weighted by atomic mass is 16.7. The molecule has 3 N–H and O–H groups in total. The zero-order valence-corrected chi connectivity index (χ0v) is 29.4. The lowest BCUT2D eigenvalue weighted by molar-refractivity contribution is -0.246. The van der Waals surface area contributed by atoms with Gasteiger partial charge in [0.1, 0.15) is 17.8 Å². The number of esters is 1. The number of ether oxygens (including phenoxy) is 4. The molecule has 6 fully saturated rings. The molecule has 0 aromatic carbocycles. The summed E-state index contributed by atoms with van der Waals surface area (Å²) in [5.41, 5.74) is -1.13. The Morgan fingerprint density at radius 1 is 1.02 bits per heavy atom. The van der Waals surface area contributed by atoms with E-state index in [1.165, 1.54) is 7.11 Å². The van der Waals surface area contributed by atoms with Crippen molar-refractivity contribution in [1.82, 2.24) is 0 Å². The highest BCUT2D eigenvalue weighted by Gasteiger charge is 2.86. The quantitative estimate of drug-likeness (QED) is 0.286. The molecule has 0 bridgehead atoms. The fraction of sp³-hybridized carbons (Fsp3) is 0.973. The third-order valence-corrected chi connectivity index (χ3v) is 15.6. The third-order valence-electron chi connectivity index (χ3n) is 15.6. The van der Waals surface area contributed by atoms with Gasteiger partial charge in [-0.2, -0.15) is 0 Å². The van der Waals surface area contributed by atoms with Gasteiger partial charge >= 0.3 is 5.97 Å². The van der Waals surface area contributed by atoms with Crippen molar-refractivity contribution in [3.63, 3.8) is 0 Å². The van der Waals surface area contributed by atoms with Gasteiger partial charge in [-0.05, 0) is 105 Å². The van der Waals surface area contributed by atoms with E-state index in [4.69, 9.17) is 18.9 Å². The van der Waals surface area contributed by atoms with E-state index in [0.29, 0.717) is 24.7 Å². The predicted molar refractivity (Wildman–Crippen MR) is 170 cm³/mol. The molecule has 5 aliphatic carbocycles. The zero-order chi connectivity index (χ0) is 33.0. The first kappa shape index (κ1) is 34.1. The van der Waals surface area contributed by atoms with Crippen LogP contribution in [-0.4, -0.2) is 78.4 Å². The average Bonchev–Trinajstić information content (AvgIpc) is 3.31. The predicted octanol–water partition coefficient (Wildman–Crippen LogP) is 5.49. The lowest BCUT2D eigenvalue weighted by Gasteiger charge is -2.68. The van der Waals surface area contributed by atoms with E-state index in [0.717, 1.165) is 51.4 Å². The zero-order valence-electron chi connectivity index (χ0n) is 29.4. The minimum Gasteiger partial charge on any atom is -0.462 e. The fourth-order valence-electron chi connectivity index (χ4n) is 13.2. The van der Waals surface area contributed by atoms with Crippen LogP contribution < -0.4 is 0 Å². The smallest absolute Gasteiger partial charge is 0.306 e. The molecule has 0 amide bonds. The van der Waals surface area contributed by atoms with Crippen LogP contribution in [0.15, 0.2) is 0 Å². The van der Waals surface area contributed by atoms with Crippen LogP contribution in [0, 0.1) is 56.7 Å². The van der Waals surface area contributed by atoms with Crippen LogP contribution >= 0.6 is 0 Å². The average molecular weight is 635 g/mol. The van der Waals surface area contributed by atoms with Gasteiger partial charge in [0.25, 0.3) is 0 Å². The number of aliphatic hydroxyl groups excluding tert-OH is 3. The highest BCUT2D eigenvalue weighted by Crippen LogP contribution is 2.91. The van der Waals surface area contributed by atoms with Gasteiger partial charge in [-0.25, -0.2) is 0 Å². The summed E-state index contributed by atoms with van der Waals surface area (Å²) in [5, 5.41) is 33.6. The van der Waals surface area contributed by atoms with Crippen LogP contribution in [0.5, 0.6) is 0 Å². The first-order chi connectivity index (χ1) is 21.0. The Hall–Kier alpha value is -0.770. The van der Waals surface area contributed by atoms with Gasteiger partial charge in [-0.15, -0.1) is 0 Å². The summed E-state index contributed by atoms with van der Waals surface area (Å²) in [6.45, 7) is 15.1. The Balaban J connectivity index is 1.24. The normalized spacial score (nSPS) is 50.2. The van der Waals surface area contributed by atoms with Crippen molar-refractivity contribution in [2.45, 2.75) is 149 Å². The number of carbonyl (C=O) groups excluding carboxylic acids is 1. The Kier molecular flexibility index (Phi) is 8.43. The molecule has 0 aromatic rings. The summed E-state index contributed by atoms with van der Waals surface area (Å²) in [7, 11) is 3.21. The number of fused-ring (bicyclic) bond motifs is 3. The molecule has 1 saturated heterocycles. The third kappa shape index (κ3) is 4.54. The van der Waals surface area contributed by atoms with Crippen molar-refractivity contribution in [3.8, 4) is 0 Å². The summed E-state index contributed by atoms with van der Waals surface area (Å²) >= 11 is 0. The molecule has 1 aliphatic heterocycles. The van der Waals surface area contributed by atoms with Crippen molar-refractivity contribution in [3.05, 3.63) is 0 Å². The first-order valence-corrected chi connectivity index (χ1v) is 17.9. The molecule has 258 valence electrons. The molecule has 8 nitrogen and oxygen atoms in total.